The predicted octanol–water partition coefficient (Wildman–Crippen LogP) is 13.9. The van der Waals surface area contributed by atoms with Crippen LogP contribution in [0.4, 0.5) is 0 Å². The van der Waals surface area contributed by atoms with Gasteiger partial charge in [0.1, 0.15) is 0 Å². The molecule has 11 rings (SSSR count). The Balaban J connectivity index is 1.04. The molecule has 2 unspecified atom stereocenters. The van der Waals surface area contributed by atoms with Crippen molar-refractivity contribution in [3.05, 3.63) is 180 Å². The first-order valence-electron chi connectivity index (χ1n) is 20.6. The van der Waals surface area contributed by atoms with E-state index in [1.165, 1.54) is 89.6 Å². The maximum atomic E-state index is 5.42. The zero-order valence-electron chi connectivity index (χ0n) is 31.7. The predicted molar refractivity (Wildman–Crippen MR) is 237 cm³/mol. The maximum absolute atomic E-state index is 5.42. The molecule has 0 amide bonds. The Labute approximate surface area is 329 Å². The van der Waals surface area contributed by atoms with Gasteiger partial charge in [0.25, 0.3) is 0 Å². The Morgan fingerprint density at radius 2 is 1.39 bits per heavy atom. The molecule has 3 aliphatic carbocycles. The lowest BCUT2D eigenvalue weighted by atomic mass is 9.85. The van der Waals surface area contributed by atoms with Crippen LogP contribution in [0.5, 0.6) is 0 Å². The molecule has 3 nitrogen and oxygen atoms in total. The number of hydrogen-bond donors (Lipinski definition) is 0. The first-order valence-corrected chi connectivity index (χ1v) is 20.6. The molecule has 0 radical (unpaired) electrons. The Bertz CT molecular complexity index is 2870. The van der Waals surface area contributed by atoms with Gasteiger partial charge < -0.3 is 9.13 Å². The summed E-state index contributed by atoms with van der Waals surface area (Å²) in [7, 11) is 0. The molecule has 4 aliphatic rings. The van der Waals surface area contributed by atoms with Crippen molar-refractivity contribution in [2.45, 2.75) is 57.4 Å². The molecule has 56 heavy (non-hydrogen) atoms. The minimum absolute atomic E-state index is 0.221. The highest BCUT2D eigenvalue weighted by atomic mass is 15.0. The van der Waals surface area contributed by atoms with Crippen LogP contribution < -0.4 is 0 Å². The van der Waals surface area contributed by atoms with Crippen LogP contribution in [0, 0.1) is 5.92 Å². The molecule has 0 saturated carbocycles. The molecule has 2 atom stereocenters. The Kier molecular flexibility index (Phi) is 8.19. The fraction of sp³-hybridized carbons (Fsp3) is 0.189. The SMILES string of the molecule is C1=CC(C2=CC(n3c4c(c5cc(-c6ccc7c8ccccc8n(-c8cccc(-c9ccccc9)c8)c7c6)ccc53)CCC=C4)CC(C3CC=CCC3)=N2)=CCC1. The maximum Gasteiger partial charge on any atom is 0.0679 e. The molecular formula is C53H45N3. The van der Waals surface area contributed by atoms with E-state index < -0.39 is 0 Å². The van der Waals surface area contributed by atoms with Gasteiger partial charge in [-0.15, -0.1) is 0 Å². The van der Waals surface area contributed by atoms with Crippen molar-refractivity contribution in [1.29, 1.82) is 0 Å². The van der Waals surface area contributed by atoms with Gasteiger partial charge in [0, 0.05) is 51.1 Å². The molecule has 7 aromatic rings. The Morgan fingerprint density at radius 3 is 2.29 bits per heavy atom. The van der Waals surface area contributed by atoms with Gasteiger partial charge in [-0.2, -0.15) is 0 Å². The van der Waals surface area contributed by atoms with E-state index >= 15 is 0 Å². The first kappa shape index (κ1) is 33.2. The van der Waals surface area contributed by atoms with Crippen molar-refractivity contribution < 1.29 is 0 Å². The molecule has 1 aliphatic heterocycles. The summed E-state index contributed by atoms with van der Waals surface area (Å²) in [5, 5.41) is 3.94. The Hall–Kier alpha value is -6.19. The number of benzene rings is 5. The largest absolute Gasteiger partial charge is 0.333 e. The summed E-state index contributed by atoms with van der Waals surface area (Å²) in [5.41, 5.74) is 16.6. The van der Waals surface area contributed by atoms with Crippen molar-refractivity contribution in [2.75, 3.05) is 0 Å². The van der Waals surface area contributed by atoms with E-state index in [4.69, 9.17) is 4.99 Å². The van der Waals surface area contributed by atoms with Crippen LogP contribution in [0.25, 0.3) is 66.7 Å². The summed E-state index contributed by atoms with van der Waals surface area (Å²) in [6, 6.07) is 43.0. The van der Waals surface area contributed by atoms with Crippen LogP contribution in [0.3, 0.4) is 0 Å². The van der Waals surface area contributed by atoms with Gasteiger partial charge in [-0.3, -0.25) is 4.99 Å². The van der Waals surface area contributed by atoms with Crippen molar-refractivity contribution in [3.8, 4) is 27.9 Å². The van der Waals surface area contributed by atoms with Gasteiger partial charge in [0.05, 0.1) is 22.8 Å². The zero-order chi connectivity index (χ0) is 37.0. The first-order chi connectivity index (χ1) is 27.8. The highest BCUT2D eigenvalue weighted by Crippen LogP contribution is 2.42. The molecule has 0 bridgehead atoms. The number of fused-ring (bicyclic) bond motifs is 6. The third-order valence-electron chi connectivity index (χ3n) is 12.6. The number of hydrogen-bond acceptors (Lipinski definition) is 1. The van der Waals surface area contributed by atoms with Gasteiger partial charge >= 0.3 is 0 Å². The van der Waals surface area contributed by atoms with Gasteiger partial charge in [-0.25, -0.2) is 0 Å². The second kappa shape index (κ2) is 13.8. The van der Waals surface area contributed by atoms with Crippen molar-refractivity contribution >= 4 is 44.5 Å². The lowest BCUT2D eigenvalue weighted by Crippen LogP contribution is -2.24. The van der Waals surface area contributed by atoms with E-state index in [0.717, 1.165) is 50.6 Å². The van der Waals surface area contributed by atoms with E-state index in [-0.39, 0.29) is 6.04 Å². The van der Waals surface area contributed by atoms with Crippen LogP contribution in [-0.4, -0.2) is 14.8 Å². The molecule has 0 N–H and O–H groups in total. The topological polar surface area (TPSA) is 22.2 Å². The molecule has 272 valence electrons. The van der Waals surface area contributed by atoms with E-state index in [1.807, 2.05) is 0 Å². The molecule has 3 heteroatoms. The lowest BCUT2D eigenvalue weighted by molar-refractivity contribution is 0.564. The van der Waals surface area contributed by atoms with Crippen LogP contribution in [0.1, 0.15) is 62.2 Å². The van der Waals surface area contributed by atoms with E-state index in [9.17, 15) is 0 Å². The quantitative estimate of drug-likeness (QED) is 0.152. The van der Waals surface area contributed by atoms with E-state index in [0.29, 0.717) is 5.92 Å². The average molecular weight is 724 g/mol. The lowest BCUT2D eigenvalue weighted by Gasteiger charge is -2.30. The Morgan fingerprint density at radius 1 is 0.571 bits per heavy atom. The van der Waals surface area contributed by atoms with E-state index in [2.05, 4.69) is 173 Å². The van der Waals surface area contributed by atoms with Crippen LogP contribution in [-0.2, 0) is 6.42 Å². The number of aryl methyl sites for hydroxylation is 1. The third-order valence-corrected chi connectivity index (χ3v) is 12.6. The van der Waals surface area contributed by atoms with Crippen molar-refractivity contribution in [3.63, 3.8) is 0 Å². The molecule has 2 aromatic heterocycles. The minimum atomic E-state index is 0.221. The molecular weight excluding hydrogens is 679 g/mol. The summed E-state index contributed by atoms with van der Waals surface area (Å²) >= 11 is 0. The summed E-state index contributed by atoms with van der Waals surface area (Å²) in [5.74, 6) is 0.519. The number of aliphatic imine (C=N–C) groups is 1. The molecule has 5 aromatic carbocycles. The van der Waals surface area contributed by atoms with E-state index in [1.54, 1.807) is 0 Å². The number of para-hydroxylation sites is 1. The second-order valence-electron chi connectivity index (χ2n) is 16.0. The second-order valence-corrected chi connectivity index (χ2v) is 16.0. The zero-order valence-corrected chi connectivity index (χ0v) is 31.7. The molecule has 0 spiro atoms. The third kappa shape index (κ3) is 5.68. The highest BCUT2D eigenvalue weighted by Gasteiger charge is 2.29. The van der Waals surface area contributed by atoms with Crippen LogP contribution >= 0.6 is 0 Å². The standard InChI is InChI=1S/C53H45N3/c1-4-15-36(16-5-1)39-21-14-22-42(31-39)55-50-25-12-10-23-44(50)46-29-27-41(33-53(46)55)40-28-30-52-47(32-40)45-24-11-13-26-51(45)56(52)43-34-48(37-17-6-2-7-18-37)54-49(35-43)38-19-8-3-9-20-38/h1-2,4-6,8,10,12-16,19-23,25-33,35,37,43H,3,7,9,11,17-18,24,34H2. The molecule has 0 fully saturated rings. The number of nitrogens with zero attached hydrogens (tertiary/aromatic N) is 3. The van der Waals surface area contributed by atoms with Crippen molar-refractivity contribution in [1.82, 2.24) is 9.13 Å². The fourth-order valence-corrected chi connectivity index (χ4v) is 9.86. The van der Waals surface area contributed by atoms with Gasteiger partial charge in [0.15, 0.2) is 0 Å². The van der Waals surface area contributed by atoms with Crippen molar-refractivity contribution in [2.24, 2.45) is 10.9 Å². The minimum Gasteiger partial charge on any atom is -0.333 e. The summed E-state index contributed by atoms with van der Waals surface area (Å²) in [6.07, 6.45) is 27.7. The average Bonchev–Trinajstić information content (AvgIpc) is 3.79. The summed E-state index contributed by atoms with van der Waals surface area (Å²) in [6.45, 7) is 0. The smallest absolute Gasteiger partial charge is 0.0679 e. The monoisotopic (exact) mass is 723 g/mol. The van der Waals surface area contributed by atoms with Gasteiger partial charge in [-0.1, -0.05) is 115 Å². The van der Waals surface area contributed by atoms with Gasteiger partial charge in [-0.05, 0) is 127 Å². The number of rotatable bonds is 6. The molecule has 0 saturated heterocycles. The number of allylic oxidation sites excluding steroid dienone is 7. The summed E-state index contributed by atoms with van der Waals surface area (Å²) in [4.78, 5) is 5.42. The van der Waals surface area contributed by atoms with Gasteiger partial charge in [0.2, 0.25) is 0 Å². The van der Waals surface area contributed by atoms with Crippen LogP contribution in [0.2, 0.25) is 0 Å². The summed E-state index contributed by atoms with van der Waals surface area (Å²) < 4.78 is 5.11. The highest BCUT2D eigenvalue weighted by molar-refractivity contribution is 6.10. The molecule has 3 heterocycles. The fourth-order valence-electron chi connectivity index (χ4n) is 9.86. The van der Waals surface area contributed by atoms with Crippen LogP contribution in [0.15, 0.2) is 174 Å². The number of aromatic nitrogens is 2. The normalized spacial score (nSPS) is 19.3.